The Bertz CT molecular complexity index is 73.7. The fraction of sp³-hybridized carbons (Fsp3) is 0. The molecule has 0 bridgehead atoms. The maximum atomic E-state index is 8.44. The van der Waals surface area contributed by atoms with Gasteiger partial charge in [0.25, 0.3) is 0 Å². The second-order valence-corrected chi connectivity index (χ2v) is 0.862. The van der Waals surface area contributed by atoms with Gasteiger partial charge in [-0.15, -0.1) is 11.4 Å². The smallest absolute Gasteiger partial charge is 0.784 e. The van der Waals surface area contributed by atoms with Crippen molar-refractivity contribution < 1.29 is 87.4 Å². The molecule has 10 heavy (non-hydrogen) atoms. The summed E-state index contributed by atoms with van der Waals surface area (Å²) in [4.78, 5) is 8.33. The summed E-state index contributed by atoms with van der Waals surface area (Å²) in [6.07, 6.45) is -2.33. The largest absolute Gasteiger partial charge is 1.00 e. The summed E-state index contributed by atoms with van der Waals surface area (Å²) in [6.45, 7) is 0. The molecular formula is CNa2O6S-2. The Morgan fingerprint density at radius 1 is 1.10 bits per heavy atom. The average molecular weight is 186 g/mol. The van der Waals surface area contributed by atoms with E-state index in [1.165, 1.54) is 0 Å². The summed E-state index contributed by atoms with van der Waals surface area (Å²) in [5.74, 6) is 0. The first-order valence-electron chi connectivity index (χ1n) is 1.11. The van der Waals surface area contributed by atoms with Crippen molar-refractivity contribution in [3.05, 3.63) is 0 Å². The standard InChI is InChI=1S/CH2O3.2Na.H2O3S/c2-1(3)4;;;1-4(2)3/h(H2,2,3,4);;;(H2,1,2,3)/q;2*+1;/p-4. The van der Waals surface area contributed by atoms with E-state index in [0.29, 0.717) is 0 Å². The number of hydrogen-bond donors (Lipinski definition) is 0. The molecule has 0 atom stereocenters. The van der Waals surface area contributed by atoms with Crippen LogP contribution in [0.3, 0.4) is 0 Å². The predicted molar refractivity (Wildman–Crippen MR) is 15.1 cm³/mol. The van der Waals surface area contributed by atoms with Gasteiger partial charge in [-0.05, 0) is 6.16 Å². The van der Waals surface area contributed by atoms with Crippen molar-refractivity contribution in [2.45, 2.75) is 0 Å². The van der Waals surface area contributed by atoms with Crippen molar-refractivity contribution in [2.75, 3.05) is 0 Å². The number of carbonyl (C=O) groups excluding carboxylic acids is 1. The Morgan fingerprint density at radius 3 is 1.10 bits per heavy atom. The molecule has 0 amide bonds. The summed E-state index contributed by atoms with van der Waals surface area (Å²) < 4.78 is 25.3. The number of carbonyl (C=O) groups is 1. The predicted octanol–water partition coefficient (Wildman–Crippen LogP) is -9.44. The van der Waals surface area contributed by atoms with E-state index in [4.69, 9.17) is 28.3 Å². The van der Waals surface area contributed by atoms with Crippen LogP contribution in [0.1, 0.15) is 0 Å². The quantitative estimate of drug-likeness (QED) is 0.273. The van der Waals surface area contributed by atoms with Gasteiger partial charge in [-0.25, -0.2) is 0 Å². The third-order valence-corrected chi connectivity index (χ3v) is 0. The van der Waals surface area contributed by atoms with E-state index in [1.54, 1.807) is 0 Å². The molecule has 0 aliphatic rings. The Kier molecular flexibility index (Phi) is 37.7. The van der Waals surface area contributed by atoms with Crippen molar-refractivity contribution in [3.63, 3.8) is 0 Å². The minimum Gasteiger partial charge on any atom is -0.784 e. The molecular weight excluding hydrogens is 186 g/mol. The van der Waals surface area contributed by atoms with E-state index in [2.05, 4.69) is 0 Å². The topological polar surface area (TPSA) is 126 Å². The van der Waals surface area contributed by atoms with Gasteiger partial charge in [-0.3, -0.25) is 4.21 Å². The van der Waals surface area contributed by atoms with Crippen LogP contribution in [0.5, 0.6) is 0 Å². The number of hydrogen-bond acceptors (Lipinski definition) is 6. The van der Waals surface area contributed by atoms with Gasteiger partial charge in [-0.2, -0.15) is 0 Å². The van der Waals surface area contributed by atoms with Crippen LogP contribution in [0, 0.1) is 0 Å². The fourth-order valence-electron chi connectivity index (χ4n) is 0. The summed E-state index contributed by atoms with van der Waals surface area (Å²) >= 11 is -3.11. The zero-order valence-corrected chi connectivity index (χ0v) is 10.2. The monoisotopic (exact) mass is 186 g/mol. The zero-order valence-electron chi connectivity index (χ0n) is 5.36. The average Bonchev–Trinajstić information content (AvgIpc) is 1.25. The first-order valence-corrected chi connectivity index (χ1v) is 2.11. The second kappa shape index (κ2) is 16.7. The molecule has 0 aliphatic heterocycles. The van der Waals surface area contributed by atoms with E-state index in [0.717, 1.165) is 0 Å². The Balaban J connectivity index is -0.0000000300. The molecule has 0 unspecified atom stereocenters. The van der Waals surface area contributed by atoms with Gasteiger partial charge in [-0.1, -0.05) is 0 Å². The van der Waals surface area contributed by atoms with Crippen LogP contribution in [-0.4, -0.2) is 19.5 Å². The van der Waals surface area contributed by atoms with Crippen LogP contribution in [0.25, 0.3) is 0 Å². The molecule has 0 saturated heterocycles. The van der Waals surface area contributed by atoms with Gasteiger partial charge in [0.1, 0.15) is 0 Å². The Labute approximate surface area is 104 Å². The minimum absolute atomic E-state index is 0. The summed E-state index contributed by atoms with van der Waals surface area (Å²) in [5.41, 5.74) is 0. The fourth-order valence-corrected chi connectivity index (χ4v) is 0. The van der Waals surface area contributed by atoms with Gasteiger partial charge in [0, 0.05) is 0 Å². The molecule has 0 spiro atoms. The number of rotatable bonds is 0. The molecule has 0 aliphatic carbocycles. The van der Waals surface area contributed by atoms with E-state index >= 15 is 0 Å². The van der Waals surface area contributed by atoms with Crippen LogP contribution in [0.15, 0.2) is 0 Å². The zero-order chi connectivity index (χ0) is 7.15. The van der Waals surface area contributed by atoms with Gasteiger partial charge >= 0.3 is 59.1 Å². The van der Waals surface area contributed by atoms with Crippen molar-refractivity contribution >= 4 is 17.5 Å². The molecule has 6 nitrogen and oxygen atoms in total. The molecule has 0 aromatic rings. The summed E-state index contributed by atoms with van der Waals surface area (Å²) in [5, 5.41) is 16.7. The Hall–Kier alpha value is 1.34. The van der Waals surface area contributed by atoms with Crippen molar-refractivity contribution in [1.82, 2.24) is 0 Å². The van der Waals surface area contributed by atoms with Crippen LogP contribution in [0.2, 0.25) is 0 Å². The third kappa shape index (κ3) is 362. The summed E-state index contributed by atoms with van der Waals surface area (Å²) in [7, 11) is 0. The molecule has 9 heteroatoms. The molecule has 0 aromatic carbocycles. The first kappa shape index (κ1) is 22.5. The molecule has 0 radical (unpaired) electrons. The SMILES string of the molecule is O=C([O-])[O-].O=S([O-])[O-].[Na+].[Na+]. The second-order valence-electron chi connectivity index (χ2n) is 0.454. The van der Waals surface area contributed by atoms with Gasteiger partial charge in [0.2, 0.25) is 0 Å². The first-order chi connectivity index (χ1) is 3.46. The molecule has 0 aromatic heterocycles. The van der Waals surface area contributed by atoms with Gasteiger partial charge < -0.3 is 24.1 Å². The molecule has 0 fully saturated rings. The van der Waals surface area contributed by atoms with Gasteiger partial charge in [0.15, 0.2) is 0 Å². The number of carboxylic acid groups (broad SMARTS) is 2. The maximum absolute atomic E-state index is 8.44. The van der Waals surface area contributed by atoms with Crippen LogP contribution < -0.4 is 69.3 Å². The van der Waals surface area contributed by atoms with E-state index < -0.39 is 17.5 Å². The van der Waals surface area contributed by atoms with Gasteiger partial charge in [0.05, 0.1) is 0 Å². The molecule has 0 saturated carbocycles. The van der Waals surface area contributed by atoms with Crippen LogP contribution >= 0.6 is 0 Å². The van der Waals surface area contributed by atoms with E-state index in [-0.39, 0.29) is 59.1 Å². The molecule has 0 N–H and O–H groups in total. The van der Waals surface area contributed by atoms with E-state index in [9.17, 15) is 0 Å². The summed E-state index contributed by atoms with van der Waals surface area (Å²) in [6, 6.07) is 0. The minimum atomic E-state index is -3.11. The molecule has 0 heterocycles. The Morgan fingerprint density at radius 2 is 1.10 bits per heavy atom. The van der Waals surface area contributed by atoms with Crippen LogP contribution in [-0.2, 0) is 11.4 Å². The molecule has 50 valence electrons. The van der Waals surface area contributed by atoms with Crippen LogP contribution in [0.4, 0.5) is 4.79 Å². The van der Waals surface area contributed by atoms with E-state index in [1.807, 2.05) is 0 Å². The molecule has 0 rings (SSSR count). The normalized spacial score (nSPS) is 5.90. The van der Waals surface area contributed by atoms with Crippen molar-refractivity contribution in [3.8, 4) is 0 Å². The third-order valence-electron chi connectivity index (χ3n) is 0. The van der Waals surface area contributed by atoms with Crippen molar-refractivity contribution in [1.29, 1.82) is 0 Å². The van der Waals surface area contributed by atoms with Crippen molar-refractivity contribution in [2.24, 2.45) is 0 Å². The maximum Gasteiger partial charge on any atom is 1.00 e.